The third kappa shape index (κ3) is 2.96. The Morgan fingerprint density at radius 1 is 1.14 bits per heavy atom. The third-order valence-electron chi connectivity index (χ3n) is 2.39. The van der Waals surface area contributed by atoms with Gasteiger partial charge in [0.25, 0.3) is 17.8 Å². The van der Waals surface area contributed by atoms with E-state index in [9.17, 15) is 22.4 Å². The Labute approximate surface area is 125 Å². The highest BCUT2D eigenvalue weighted by Gasteiger charge is 2.23. The van der Waals surface area contributed by atoms with Crippen LogP contribution in [0.5, 0.6) is 0 Å². The van der Waals surface area contributed by atoms with Gasteiger partial charge in [-0.1, -0.05) is 29.4 Å². The van der Waals surface area contributed by atoms with Crippen LogP contribution in [0.1, 0.15) is 10.4 Å². The van der Waals surface area contributed by atoms with E-state index in [2.05, 4.69) is 4.98 Å². The molecule has 9 heteroatoms. The number of hydrogen-bond acceptors (Lipinski definition) is 3. The maximum Gasteiger partial charge on any atom is 0.252 e. The first-order valence-electron chi connectivity index (χ1n) is 5.29. The van der Waals surface area contributed by atoms with Gasteiger partial charge < -0.3 is 5.73 Å². The van der Waals surface area contributed by atoms with Gasteiger partial charge in [0, 0.05) is 4.90 Å². The lowest BCUT2D eigenvalue weighted by Gasteiger charge is -2.09. The van der Waals surface area contributed by atoms with Gasteiger partial charge in [0.05, 0.1) is 15.5 Å². The maximum atomic E-state index is 13.5. The van der Waals surface area contributed by atoms with E-state index in [1.807, 2.05) is 0 Å². The van der Waals surface area contributed by atoms with Crippen LogP contribution in [0.25, 0.3) is 0 Å². The number of carbonyl (C=O) groups is 1. The van der Waals surface area contributed by atoms with Gasteiger partial charge in [-0.05, 0) is 12.1 Å². The molecule has 1 aromatic carbocycles. The number of pyridine rings is 1. The quantitative estimate of drug-likeness (QED) is 0.689. The van der Waals surface area contributed by atoms with E-state index in [-0.39, 0.29) is 27.2 Å². The Bertz CT molecular complexity index is 715. The van der Waals surface area contributed by atoms with E-state index in [0.29, 0.717) is 0 Å². The predicted octanol–water partition coefficient (Wildman–Crippen LogP) is 3.54. The number of benzene rings is 1. The van der Waals surface area contributed by atoms with Gasteiger partial charge in [0.2, 0.25) is 0 Å². The molecule has 0 fully saturated rings. The highest BCUT2D eigenvalue weighted by molar-refractivity contribution is 7.99. The summed E-state index contributed by atoms with van der Waals surface area (Å²) in [6, 6.07) is 4.01. The Balaban J connectivity index is 2.59. The third-order valence-corrected chi connectivity index (χ3v) is 3.83. The number of halogens is 5. The van der Waals surface area contributed by atoms with E-state index >= 15 is 0 Å². The number of nitrogens with two attached hydrogens (primary N) is 1. The van der Waals surface area contributed by atoms with Gasteiger partial charge in [0.15, 0.2) is 11.6 Å². The Morgan fingerprint density at radius 2 is 1.71 bits per heavy atom. The molecule has 0 atom stereocenters. The van der Waals surface area contributed by atoms with Crippen molar-refractivity contribution in [2.45, 2.75) is 9.79 Å². The average Bonchev–Trinajstić information content (AvgIpc) is 2.41. The minimum atomic E-state index is -1.79. The fourth-order valence-corrected chi connectivity index (χ4v) is 2.85. The van der Waals surface area contributed by atoms with Gasteiger partial charge in [0.1, 0.15) is 0 Å². The molecule has 0 aliphatic carbocycles. The van der Waals surface area contributed by atoms with Crippen LogP contribution in [-0.2, 0) is 0 Å². The molecule has 0 aliphatic rings. The first-order valence-corrected chi connectivity index (χ1v) is 6.48. The summed E-state index contributed by atoms with van der Waals surface area (Å²) in [7, 11) is 0. The molecule has 1 amide bonds. The molecule has 2 N–H and O–H groups in total. The van der Waals surface area contributed by atoms with Crippen molar-refractivity contribution in [1.29, 1.82) is 0 Å². The van der Waals surface area contributed by atoms with Gasteiger partial charge in [-0.25, -0.2) is 8.78 Å². The normalized spacial score (nSPS) is 10.7. The molecule has 2 aromatic rings. The molecule has 0 aliphatic heterocycles. The van der Waals surface area contributed by atoms with Crippen molar-refractivity contribution < 1.29 is 22.4 Å². The summed E-state index contributed by atoms with van der Waals surface area (Å²) >= 11 is 6.05. The summed E-state index contributed by atoms with van der Waals surface area (Å²) in [5.74, 6) is -7.87. The van der Waals surface area contributed by atoms with Crippen LogP contribution in [0.3, 0.4) is 0 Å². The minimum Gasteiger partial charge on any atom is -0.366 e. The average molecular weight is 337 g/mol. The number of primary amides is 1. The topological polar surface area (TPSA) is 56.0 Å². The van der Waals surface area contributed by atoms with Crippen molar-refractivity contribution in [3.8, 4) is 0 Å². The molecular weight excluding hydrogens is 332 g/mol. The highest BCUT2D eigenvalue weighted by atomic mass is 35.5. The number of amides is 1. The number of hydrogen-bond donors (Lipinski definition) is 1. The molecule has 0 radical (unpaired) electrons. The zero-order chi connectivity index (χ0) is 15.7. The smallest absolute Gasteiger partial charge is 0.252 e. The number of nitrogens with zero attached hydrogens (tertiary/aromatic N) is 1. The van der Waals surface area contributed by atoms with Crippen molar-refractivity contribution in [2.24, 2.45) is 5.73 Å². The van der Waals surface area contributed by atoms with Crippen molar-refractivity contribution >= 4 is 29.3 Å². The molecule has 0 unspecified atom stereocenters. The number of aromatic nitrogens is 1. The van der Waals surface area contributed by atoms with Crippen LogP contribution in [0.15, 0.2) is 28.0 Å². The van der Waals surface area contributed by atoms with Gasteiger partial charge in [-0.2, -0.15) is 13.8 Å². The largest absolute Gasteiger partial charge is 0.366 e. The standard InChI is InChI=1S/C12H5ClF4N2OS/c13-4-2-1-3-5(6(4)12(18)20)21-9-7(14)10(16)19-11(17)8(9)15/h1-3H,(H2,18,20). The van der Waals surface area contributed by atoms with Crippen molar-refractivity contribution in [3.63, 3.8) is 0 Å². The fraction of sp³-hybridized carbons (Fsp3) is 0. The molecule has 0 bridgehead atoms. The Hall–Kier alpha value is -1.80. The molecule has 21 heavy (non-hydrogen) atoms. The lowest BCUT2D eigenvalue weighted by Crippen LogP contribution is -2.13. The van der Waals surface area contributed by atoms with E-state index < -0.39 is 34.3 Å². The first-order chi connectivity index (χ1) is 9.82. The van der Waals surface area contributed by atoms with E-state index in [1.165, 1.54) is 18.2 Å². The zero-order valence-corrected chi connectivity index (χ0v) is 11.5. The molecule has 1 aromatic heterocycles. The Morgan fingerprint density at radius 3 is 2.24 bits per heavy atom. The number of carbonyl (C=O) groups excluding carboxylic acids is 1. The highest BCUT2D eigenvalue weighted by Crippen LogP contribution is 2.37. The Kier molecular flexibility index (Phi) is 4.38. The maximum absolute atomic E-state index is 13.5. The SMILES string of the molecule is NC(=O)c1c(Cl)cccc1Sc1c(F)c(F)nc(F)c1F. The van der Waals surface area contributed by atoms with Crippen LogP contribution in [0.4, 0.5) is 17.6 Å². The summed E-state index contributed by atoms with van der Waals surface area (Å²) < 4.78 is 53.2. The molecule has 0 saturated heterocycles. The van der Waals surface area contributed by atoms with Crippen molar-refractivity contribution in [3.05, 3.63) is 52.3 Å². The molecule has 0 saturated carbocycles. The molecular formula is C12H5ClF4N2OS. The second-order valence-electron chi connectivity index (χ2n) is 3.73. The molecule has 110 valence electrons. The molecule has 3 nitrogen and oxygen atoms in total. The van der Waals surface area contributed by atoms with E-state index in [4.69, 9.17) is 17.3 Å². The summed E-state index contributed by atoms with van der Waals surface area (Å²) in [5.41, 5.74) is 4.91. The monoisotopic (exact) mass is 336 g/mol. The van der Waals surface area contributed by atoms with Gasteiger partial charge in [-0.15, -0.1) is 0 Å². The molecule has 0 spiro atoms. The second-order valence-corrected chi connectivity index (χ2v) is 5.19. The first kappa shape index (κ1) is 15.6. The zero-order valence-electron chi connectivity index (χ0n) is 9.96. The molecule has 1 heterocycles. The van der Waals surface area contributed by atoms with Gasteiger partial charge >= 0.3 is 0 Å². The lowest BCUT2D eigenvalue weighted by atomic mass is 10.2. The minimum absolute atomic E-state index is 0.0437. The van der Waals surface area contributed by atoms with E-state index in [1.54, 1.807) is 0 Å². The summed E-state index contributed by atoms with van der Waals surface area (Å²) in [5, 5.41) is -0.0525. The summed E-state index contributed by atoms with van der Waals surface area (Å²) in [4.78, 5) is 12.7. The van der Waals surface area contributed by atoms with Gasteiger partial charge in [-0.3, -0.25) is 4.79 Å². The molecule has 2 rings (SSSR count). The fourth-order valence-electron chi connectivity index (χ4n) is 1.50. The lowest BCUT2D eigenvalue weighted by molar-refractivity contribution is 0.0997. The van der Waals surface area contributed by atoms with Crippen molar-refractivity contribution in [1.82, 2.24) is 4.98 Å². The number of rotatable bonds is 3. The summed E-state index contributed by atoms with van der Waals surface area (Å²) in [6.45, 7) is 0. The van der Waals surface area contributed by atoms with Crippen LogP contribution in [-0.4, -0.2) is 10.9 Å². The van der Waals surface area contributed by atoms with Crippen LogP contribution in [0, 0.1) is 23.5 Å². The summed E-state index contributed by atoms with van der Waals surface area (Å²) in [6.07, 6.45) is 0. The van der Waals surface area contributed by atoms with Crippen molar-refractivity contribution in [2.75, 3.05) is 0 Å². The second kappa shape index (κ2) is 5.90. The van der Waals surface area contributed by atoms with Crippen LogP contribution < -0.4 is 5.73 Å². The predicted molar refractivity (Wildman–Crippen MR) is 68.2 cm³/mol. The van der Waals surface area contributed by atoms with Crippen LogP contribution in [0.2, 0.25) is 5.02 Å². The van der Waals surface area contributed by atoms with E-state index in [0.717, 1.165) is 0 Å². The van der Waals surface area contributed by atoms with Crippen LogP contribution >= 0.6 is 23.4 Å².